The fourth-order valence-electron chi connectivity index (χ4n) is 3.64. The molecule has 3 rings (SSSR count). The zero-order valence-electron chi connectivity index (χ0n) is 16.4. The maximum Gasteiger partial charge on any atom is 0.194 e. The molecule has 0 aliphatic carbocycles. The molecule has 2 heterocycles. The van der Waals surface area contributed by atoms with Crippen molar-refractivity contribution in [3.8, 4) is 0 Å². The lowest BCUT2D eigenvalue weighted by atomic mass is 9.99. The summed E-state index contributed by atoms with van der Waals surface area (Å²) in [5, 5.41) is 3.46. The molecule has 0 amide bonds. The van der Waals surface area contributed by atoms with Crippen LogP contribution in [0, 0.1) is 5.82 Å². The predicted octanol–water partition coefficient (Wildman–Crippen LogP) is 2.83. The van der Waals surface area contributed by atoms with Gasteiger partial charge in [0.1, 0.15) is 5.82 Å². The average Bonchev–Trinajstić information content (AvgIpc) is 2.72. The summed E-state index contributed by atoms with van der Waals surface area (Å²) in [7, 11) is 0. The second kappa shape index (κ2) is 9.64. The van der Waals surface area contributed by atoms with Gasteiger partial charge in [-0.15, -0.1) is 0 Å². The predicted molar refractivity (Wildman–Crippen MR) is 112 cm³/mol. The molecule has 150 valence electrons. The van der Waals surface area contributed by atoms with E-state index in [2.05, 4.69) is 28.3 Å². The van der Waals surface area contributed by atoms with E-state index >= 15 is 0 Å². The van der Waals surface area contributed by atoms with Crippen LogP contribution in [0.15, 0.2) is 29.3 Å². The van der Waals surface area contributed by atoms with Gasteiger partial charge in [-0.25, -0.2) is 4.39 Å². The van der Waals surface area contributed by atoms with Crippen molar-refractivity contribution in [2.45, 2.75) is 24.5 Å². The van der Waals surface area contributed by atoms with Crippen LogP contribution in [0.5, 0.6) is 0 Å². The van der Waals surface area contributed by atoms with E-state index in [1.165, 1.54) is 12.1 Å². The molecular weight excluding hydrogens is 363 g/mol. The third-order valence-corrected chi connectivity index (χ3v) is 6.86. The number of anilines is 1. The van der Waals surface area contributed by atoms with Gasteiger partial charge in [-0.2, -0.15) is 11.8 Å². The number of benzene rings is 1. The monoisotopic (exact) mass is 394 g/mol. The number of rotatable bonds is 5. The van der Waals surface area contributed by atoms with Crippen molar-refractivity contribution in [1.29, 1.82) is 0 Å². The fourth-order valence-corrected chi connectivity index (χ4v) is 4.41. The van der Waals surface area contributed by atoms with Crippen LogP contribution in [0.2, 0.25) is 0 Å². The largest absolute Gasteiger partial charge is 0.381 e. The van der Waals surface area contributed by atoms with Crippen LogP contribution in [-0.4, -0.2) is 74.3 Å². The van der Waals surface area contributed by atoms with Crippen molar-refractivity contribution < 1.29 is 9.13 Å². The van der Waals surface area contributed by atoms with Crippen LogP contribution < -0.4 is 10.2 Å². The Kier molecular flexibility index (Phi) is 7.24. The van der Waals surface area contributed by atoms with Crippen LogP contribution in [0.4, 0.5) is 10.1 Å². The van der Waals surface area contributed by atoms with Gasteiger partial charge in [0.05, 0.1) is 6.54 Å². The van der Waals surface area contributed by atoms with E-state index in [1.54, 1.807) is 0 Å². The topological polar surface area (TPSA) is 40.1 Å². The second-order valence-corrected chi connectivity index (χ2v) is 8.39. The number of thioether (sulfide) groups is 1. The van der Waals surface area contributed by atoms with E-state index in [0.29, 0.717) is 0 Å². The highest BCUT2D eigenvalue weighted by Gasteiger charge is 2.32. The maximum atomic E-state index is 13.1. The van der Waals surface area contributed by atoms with Gasteiger partial charge < -0.3 is 19.9 Å². The normalized spacial score (nSPS) is 20.6. The smallest absolute Gasteiger partial charge is 0.194 e. The Morgan fingerprint density at radius 2 is 1.85 bits per heavy atom. The Balaban J connectivity index is 1.61. The van der Waals surface area contributed by atoms with E-state index in [1.807, 2.05) is 23.9 Å². The number of nitrogens with one attached hydrogen (secondary N) is 1. The van der Waals surface area contributed by atoms with Crippen LogP contribution in [0.3, 0.4) is 0 Å². The highest BCUT2D eigenvalue weighted by Crippen LogP contribution is 2.34. The first-order valence-electron chi connectivity index (χ1n) is 9.82. The second-order valence-electron chi connectivity index (χ2n) is 7.12. The third kappa shape index (κ3) is 5.29. The average molecular weight is 395 g/mol. The molecule has 0 unspecified atom stereocenters. The Morgan fingerprint density at radius 1 is 1.19 bits per heavy atom. The third-order valence-electron chi connectivity index (χ3n) is 5.46. The van der Waals surface area contributed by atoms with Gasteiger partial charge in [-0.1, -0.05) is 0 Å². The molecule has 2 fully saturated rings. The number of ether oxygens (including phenoxy) is 1. The number of nitrogens with zero attached hydrogens (tertiary/aromatic N) is 3. The summed E-state index contributed by atoms with van der Waals surface area (Å²) < 4.78 is 18.9. The lowest BCUT2D eigenvalue weighted by Gasteiger charge is -2.39. The Labute approximate surface area is 166 Å². The van der Waals surface area contributed by atoms with Crippen molar-refractivity contribution in [3.05, 3.63) is 30.1 Å². The molecule has 0 aromatic heterocycles. The molecule has 2 saturated heterocycles. The number of aliphatic imine (C=N–C) groups is 1. The molecule has 0 atom stereocenters. The van der Waals surface area contributed by atoms with Crippen molar-refractivity contribution >= 4 is 23.4 Å². The van der Waals surface area contributed by atoms with Crippen LogP contribution in [-0.2, 0) is 4.74 Å². The first-order valence-corrected chi connectivity index (χ1v) is 11.0. The van der Waals surface area contributed by atoms with Crippen LogP contribution in [0.1, 0.15) is 19.8 Å². The molecule has 5 nitrogen and oxygen atoms in total. The summed E-state index contributed by atoms with van der Waals surface area (Å²) >= 11 is 1.93. The number of piperazine rings is 1. The molecule has 2 aliphatic heterocycles. The Bertz CT molecular complexity index is 611. The van der Waals surface area contributed by atoms with Crippen molar-refractivity contribution in [3.63, 3.8) is 0 Å². The van der Waals surface area contributed by atoms with Crippen molar-refractivity contribution in [1.82, 2.24) is 10.2 Å². The van der Waals surface area contributed by atoms with E-state index in [-0.39, 0.29) is 10.6 Å². The summed E-state index contributed by atoms with van der Waals surface area (Å²) in [6.45, 7) is 9.15. The number of hydrogen-bond acceptors (Lipinski definition) is 4. The standard InChI is InChI=1S/C20H31FN4OS/c1-3-22-19(23-16-20(27-2)8-14-26-15-9-20)25-12-10-24(11-13-25)18-6-4-17(21)5-7-18/h4-7H,3,8-16H2,1-2H3,(H,22,23). The molecular formula is C20H31FN4OS. The zero-order chi connectivity index (χ0) is 19.1. The summed E-state index contributed by atoms with van der Waals surface area (Å²) in [5.74, 6) is 0.825. The number of guanidine groups is 1. The Morgan fingerprint density at radius 3 is 2.44 bits per heavy atom. The lowest BCUT2D eigenvalue weighted by molar-refractivity contribution is 0.0793. The quantitative estimate of drug-likeness (QED) is 0.614. The van der Waals surface area contributed by atoms with E-state index in [0.717, 1.165) is 77.0 Å². The minimum atomic E-state index is -0.185. The molecule has 0 spiro atoms. The summed E-state index contributed by atoms with van der Waals surface area (Å²) in [6.07, 6.45) is 4.32. The van der Waals surface area contributed by atoms with Gasteiger partial charge in [-0.05, 0) is 50.3 Å². The minimum absolute atomic E-state index is 0.185. The van der Waals surface area contributed by atoms with E-state index in [4.69, 9.17) is 9.73 Å². The van der Waals surface area contributed by atoms with Gasteiger partial charge in [-0.3, -0.25) is 4.99 Å². The van der Waals surface area contributed by atoms with Gasteiger partial charge in [0, 0.05) is 56.4 Å². The van der Waals surface area contributed by atoms with Crippen molar-refractivity contribution in [2.75, 3.05) is 63.6 Å². The van der Waals surface area contributed by atoms with E-state index < -0.39 is 0 Å². The zero-order valence-corrected chi connectivity index (χ0v) is 17.2. The van der Waals surface area contributed by atoms with Crippen LogP contribution in [0.25, 0.3) is 0 Å². The maximum absolute atomic E-state index is 13.1. The molecule has 27 heavy (non-hydrogen) atoms. The highest BCUT2D eigenvalue weighted by atomic mass is 32.2. The number of halogens is 1. The van der Waals surface area contributed by atoms with Gasteiger partial charge in [0.15, 0.2) is 5.96 Å². The summed E-state index contributed by atoms with van der Waals surface area (Å²) in [5.41, 5.74) is 1.08. The lowest BCUT2D eigenvalue weighted by Crippen LogP contribution is -2.53. The molecule has 2 aliphatic rings. The first-order chi connectivity index (χ1) is 13.2. The molecule has 1 aromatic rings. The molecule has 0 bridgehead atoms. The Hall–Kier alpha value is -1.47. The summed E-state index contributed by atoms with van der Waals surface area (Å²) in [6, 6.07) is 6.78. The van der Waals surface area contributed by atoms with E-state index in [9.17, 15) is 4.39 Å². The summed E-state index contributed by atoms with van der Waals surface area (Å²) in [4.78, 5) is 9.65. The molecule has 0 saturated carbocycles. The molecule has 1 aromatic carbocycles. The van der Waals surface area contributed by atoms with Crippen LogP contribution >= 0.6 is 11.8 Å². The molecule has 1 N–H and O–H groups in total. The van der Waals surface area contributed by atoms with Gasteiger partial charge in [0.25, 0.3) is 0 Å². The molecule has 7 heteroatoms. The molecule has 0 radical (unpaired) electrons. The van der Waals surface area contributed by atoms with Gasteiger partial charge >= 0.3 is 0 Å². The number of hydrogen-bond donors (Lipinski definition) is 1. The fraction of sp³-hybridized carbons (Fsp3) is 0.650. The van der Waals surface area contributed by atoms with Crippen molar-refractivity contribution in [2.24, 2.45) is 4.99 Å². The SMILES string of the molecule is CCNC(=NCC1(SC)CCOCC1)N1CCN(c2ccc(F)cc2)CC1. The highest BCUT2D eigenvalue weighted by molar-refractivity contribution is 8.00. The minimum Gasteiger partial charge on any atom is -0.381 e. The first kappa shape index (κ1) is 20.3. The van der Waals surface area contributed by atoms with Gasteiger partial charge in [0.2, 0.25) is 0 Å².